The first kappa shape index (κ1) is 17.6. The van der Waals surface area contributed by atoms with Crippen molar-refractivity contribution in [2.24, 2.45) is 10.1 Å². The van der Waals surface area contributed by atoms with E-state index < -0.39 is 6.17 Å². The fraction of sp³-hybridized carbons (Fsp3) is 0.105. The zero-order valence-electron chi connectivity index (χ0n) is 14.1. The number of hydrogen-bond donors (Lipinski definition) is 2. The highest BCUT2D eigenvalue weighted by molar-refractivity contribution is 8.14. The van der Waals surface area contributed by atoms with Crippen LogP contribution in [0.15, 0.2) is 65.2 Å². The summed E-state index contributed by atoms with van der Waals surface area (Å²) < 4.78 is 0. The topological polar surface area (TPSA) is 77.3 Å². The molecule has 2 aliphatic rings. The van der Waals surface area contributed by atoms with Gasteiger partial charge in [-0.3, -0.25) is 15.1 Å². The number of hydrogen-bond acceptors (Lipinski definition) is 6. The van der Waals surface area contributed by atoms with Gasteiger partial charge in [-0.15, -0.1) is 11.7 Å². The molecule has 2 aromatic rings. The molecule has 0 aliphatic carbocycles. The van der Waals surface area contributed by atoms with Crippen molar-refractivity contribution in [2.75, 3.05) is 5.75 Å². The Labute approximate surface area is 164 Å². The number of benzene rings is 2. The molecule has 0 saturated carbocycles. The molecule has 4 rings (SSSR count). The highest BCUT2D eigenvalue weighted by atomic mass is 35.5. The summed E-state index contributed by atoms with van der Waals surface area (Å²) in [4.78, 5) is 17.6. The quantitative estimate of drug-likeness (QED) is 0.776. The highest BCUT2D eigenvalue weighted by Gasteiger charge is 2.34. The molecule has 0 fully saturated rings. The summed E-state index contributed by atoms with van der Waals surface area (Å²) >= 11 is 7.47. The van der Waals surface area contributed by atoms with Crippen molar-refractivity contribution in [1.29, 1.82) is 0 Å². The van der Waals surface area contributed by atoms with Gasteiger partial charge in [0.15, 0.2) is 11.3 Å². The highest BCUT2D eigenvalue weighted by Crippen LogP contribution is 2.34. The molecule has 0 radical (unpaired) electrons. The maximum atomic E-state index is 12.8. The van der Waals surface area contributed by atoms with Crippen molar-refractivity contribution >= 4 is 40.1 Å². The Kier molecular flexibility index (Phi) is 4.63. The zero-order chi connectivity index (χ0) is 19.0. The number of carbonyl (C=O) groups is 1. The van der Waals surface area contributed by atoms with E-state index in [0.29, 0.717) is 27.2 Å². The second-order valence-electron chi connectivity index (χ2n) is 5.88. The maximum absolute atomic E-state index is 12.8. The summed E-state index contributed by atoms with van der Waals surface area (Å²) in [6.45, 7) is 3.69. The molecule has 6 nitrogen and oxygen atoms in total. The fourth-order valence-electron chi connectivity index (χ4n) is 2.93. The predicted molar refractivity (Wildman–Crippen MR) is 107 cm³/mol. The predicted octanol–water partition coefficient (Wildman–Crippen LogP) is 2.11. The van der Waals surface area contributed by atoms with Crippen LogP contribution in [0.5, 0.6) is 5.75 Å². The number of fused-ring (bicyclic) bond motifs is 2. The third kappa shape index (κ3) is 3.20. The van der Waals surface area contributed by atoms with Gasteiger partial charge >= 0.3 is 0 Å². The number of amidine groups is 1. The number of phenols is 1. The number of hydrazone groups is 1. The van der Waals surface area contributed by atoms with Crippen molar-refractivity contribution in [2.45, 2.75) is 6.17 Å². The molecule has 8 heteroatoms. The Morgan fingerprint density at radius 3 is 2.93 bits per heavy atom. The molecule has 1 atom stereocenters. The molecule has 136 valence electrons. The van der Waals surface area contributed by atoms with Gasteiger partial charge in [0.2, 0.25) is 0 Å². The second-order valence-corrected chi connectivity index (χ2v) is 7.30. The molecule has 1 unspecified atom stereocenters. The van der Waals surface area contributed by atoms with Crippen molar-refractivity contribution in [3.8, 4) is 5.75 Å². The molecule has 0 saturated heterocycles. The molecule has 2 N–H and O–H groups in total. The van der Waals surface area contributed by atoms with Gasteiger partial charge in [0.05, 0.1) is 10.4 Å². The minimum Gasteiger partial charge on any atom is -0.506 e. The Morgan fingerprint density at radius 1 is 1.33 bits per heavy atom. The summed E-state index contributed by atoms with van der Waals surface area (Å²) in [6.07, 6.45) is 1.17. The van der Waals surface area contributed by atoms with Crippen molar-refractivity contribution < 1.29 is 9.90 Å². The van der Waals surface area contributed by atoms with Gasteiger partial charge in [-0.2, -0.15) is 0 Å². The Bertz CT molecular complexity index is 1100. The lowest BCUT2D eigenvalue weighted by atomic mass is 10.1. The Hall–Kier alpha value is -2.77. The number of thioether (sulfide) groups is 1. The van der Waals surface area contributed by atoms with Crippen LogP contribution in [0.3, 0.4) is 0 Å². The number of phenolic OH excluding ortho intramolecular Hbond substituents is 1. The number of halogens is 1. The van der Waals surface area contributed by atoms with E-state index in [0.717, 1.165) is 5.56 Å². The van der Waals surface area contributed by atoms with E-state index in [-0.39, 0.29) is 16.7 Å². The van der Waals surface area contributed by atoms with Crippen LogP contribution in [0, 0.1) is 0 Å². The number of rotatable bonds is 3. The average Bonchev–Trinajstić information content (AvgIpc) is 2.67. The zero-order valence-corrected chi connectivity index (χ0v) is 15.7. The standard InChI is InChI=1S/C19H15ClN4O2S/c1-2-9-27-19-22-18(26)16-12-5-3-4-6-14(12)21-17(24(16)23-19)11-7-8-15(25)13(20)10-11/h2-8,10,17,25H,1,9H2,(H,22,23,26). The van der Waals surface area contributed by atoms with E-state index in [1.165, 1.54) is 17.8 Å². The van der Waals surface area contributed by atoms with Gasteiger partial charge in [-0.25, -0.2) is 5.01 Å². The van der Waals surface area contributed by atoms with E-state index in [4.69, 9.17) is 16.6 Å². The number of aromatic hydroxyl groups is 1. The first-order valence-electron chi connectivity index (χ1n) is 8.17. The van der Waals surface area contributed by atoms with Gasteiger partial charge in [0.1, 0.15) is 11.4 Å². The smallest absolute Gasteiger partial charge is 0.276 e. The van der Waals surface area contributed by atoms with E-state index >= 15 is 0 Å². The monoisotopic (exact) mass is 398 g/mol. The summed E-state index contributed by atoms with van der Waals surface area (Å²) in [6, 6.07) is 12.3. The molecule has 2 aliphatic heterocycles. The summed E-state index contributed by atoms with van der Waals surface area (Å²) in [5, 5.41) is 20.9. The molecule has 2 aromatic carbocycles. The van der Waals surface area contributed by atoms with Crippen LogP contribution in [-0.2, 0) is 4.79 Å². The molecule has 0 spiro atoms. The lowest BCUT2D eigenvalue weighted by Gasteiger charge is -2.34. The van der Waals surface area contributed by atoms with Crippen LogP contribution in [-0.4, -0.2) is 26.9 Å². The van der Waals surface area contributed by atoms with Crippen molar-refractivity contribution in [3.63, 3.8) is 0 Å². The molecule has 0 bridgehead atoms. The van der Waals surface area contributed by atoms with E-state index in [1.807, 2.05) is 24.3 Å². The number of para-hydroxylation sites is 1. The molecular formula is C19H15ClN4O2S. The third-order valence-corrected chi connectivity index (χ3v) is 5.29. The van der Waals surface area contributed by atoms with Crippen LogP contribution in [0.25, 0.3) is 5.70 Å². The number of nitrogens with zero attached hydrogens (tertiary/aromatic N) is 3. The number of carbonyl (C=O) groups excluding carboxylic acids is 1. The lowest BCUT2D eigenvalue weighted by molar-refractivity contribution is -0.116. The van der Waals surface area contributed by atoms with Gasteiger partial charge in [-0.1, -0.05) is 53.7 Å². The van der Waals surface area contributed by atoms with Gasteiger partial charge in [0, 0.05) is 16.5 Å². The largest absolute Gasteiger partial charge is 0.506 e. The fourth-order valence-corrected chi connectivity index (χ4v) is 3.71. The molecule has 2 heterocycles. The van der Waals surface area contributed by atoms with Crippen LogP contribution in [0.4, 0.5) is 0 Å². The summed E-state index contributed by atoms with van der Waals surface area (Å²) in [7, 11) is 0. The average molecular weight is 399 g/mol. The number of nitrogens with one attached hydrogen (secondary N) is 1. The Morgan fingerprint density at radius 2 is 2.15 bits per heavy atom. The second kappa shape index (κ2) is 7.09. The lowest BCUT2D eigenvalue weighted by Crippen LogP contribution is -2.50. The number of amides is 1. The van der Waals surface area contributed by atoms with Crippen molar-refractivity contribution in [1.82, 2.24) is 10.3 Å². The first-order valence-corrected chi connectivity index (χ1v) is 9.53. The van der Waals surface area contributed by atoms with Gasteiger partial charge in [0.25, 0.3) is 5.91 Å². The van der Waals surface area contributed by atoms with E-state index in [2.05, 4.69) is 17.0 Å². The third-order valence-electron chi connectivity index (χ3n) is 4.12. The minimum atomic E-state index is -0.571. The molecule has 0 aromatic heterocycles. The van der Waals surface area contributed by atoms with Gasteiger partial charge in [-0.05, 0) is 18.2 Å². The van der Waals surface area contributed by atoms with Crippen molar-refractivity contribution in [3.05, 3.63) is 76.3 Å². The van der Waals surface area contributed by atoms with Crippen LogP contribution in [0.2, 0.25) is 5.02 Å². The SMILES string of the molecule is C=CCSC1=NN2C(=c3ccccc3=NC2c2ccc(O)c(Cl)c2)C(=O)N1. The molecule has 1 amide bonds. The van der Waals surface area contributed by atoms with Crippen LogP contribution < -0.4 is 15.9 Å². The first-order chi connectivity index (χ1) is 13.1. The molecule has 27 heavy (non-hydrogen) atoms. The normalized spacial score (nSPS) is 18.0. The summed E-state index contributed by atoms with van der Waals surface area (Å²) in [5.74, 6) is 0.364. The van der Waals surface area contributed by atoms with E-state index in [9.17, 15) is 9.90 Å². The summed E-state index contributed by atoms with van der Waals surface area (Å²) in [5.41, 5.74) is 1.15. The Balaban J connectivity index is 1.91. The van der Waals surface area contributed by atoms with Crippen LogP contribution >= 0.6 is 23.4 Å². The molecular weight excluding hydrogens is 384 g/mol. The van der Waals surface area contributed by atoms with Crippen LogP contribution in [0.1, 0.15) is 11.7 Å². The maximum Gasteiger partial charge on any atom is 0.276 e. The minimum absolute atomic E-state index is 0.0112. The van der Waals surface area contributed by atoms with Gasteiger partial charge < -0.3 is 5.11 Å². The van der Waals surface area contributed by atoms with E-state index in [1.54, 1.807) is 23.2 Å².